The summed E-state index contributed by atoms with van der Waals surface area (Å²) in [5, 5.41) is 1.87. The summed E-state index contributed by atoms with van der Waals surface area (Å²) in [4.78, 5) is 0. The first-order valence-electron chi connectivity index (χ1n) is 2.42. The van der Waals surface area contributed by atoms with E-state index in [1.807, 2.05) is 11.4 Å². The van der Waals surface area contributed by atoms with E-state index in [4.69, 9.17) is 11.2 Å². The second kappa shape index (κ2) is 2.45. The second-order valence-corrected chi connectivity index (χ2v) is 7.08. The Morgan fingerprint density at radius 1 is 1.78 bits per heavy atom. The Morgan fingerprint density at radius 3 is 2.67 bits per heavy atom. The predicted molar refractivity (Wildman–Crippen MR) is 43.3 cm³/mol. The van der Waals surface area contributed by atoms with E-state index < -0.39 is 6.49 Å². The Hall–Kier alpha value is 0.220. The third-order valence-corrected chi connectivity index (χ3v) is 4.72. The van der Waals surface area contributed by atoms with E-state index in [9.17, 15) is 4.57 Å². The van der Waals surface area contributed by atoms with Crippen molar-refractivity contribution in [1.82, 2.24) is 0 Å². The Labute approximate surface area is 62.8 Å². The molecular formula is C5H6ClOPS. The van der Waals surface area contributed by atoms with Gasteiger partial charge in [0.25, 0.3) is 0 Å². The first-order chi connectivity index (χ1) is 4.11. The smallest absolute Gasteiger partial charge is 0.204 e. The van der Waals surface area contributed by atoms with Crippen molar-refractivity contribution in [3.8, 4) is 0 Å². The van der Waals surface area contributed by atoms with Crippen molar-refractivity contribution in [3.63, 3.8) is 0 Å². The highest BCUT2D eigenvalue weighted by molar-refractivity contribution is 7.97. The van der Waals surface area contributed by atoms with Crippen LogP contribution in [-0.2, 0) is 4.57 Å². The molecular weight excluding hydrogens is 175 g/mol. The van der Waals surface area contributed by atoms with Crippen LogP contribution in [0.3, 0.4) is 0 Å². The van der Waals surface area contributed by atoms with Crippen molar-refractivity contribution in [3.05, 3.63) is 17.5 Å². The fourth-order valence-electron chi connectivity index (χ4n) is 0.497. The lowest BCUT2D eigenvalue weighted by molar-refractivity contribution is 0.593. The molecule has 1 nitrogen and oxygen atoms in total. The Kier molecular flexibility index (Phi) is 2.00. The molecule has 1 aromatic heterocycles. The SMILES string of the molecule is CP(=O)(Cl)c1cccs1. The summed E-state index contributed by atoms with van der Waals surface area (Å²) in [5.74, 6) is 0. The molecule has 0 N–H and O–H groups in total. The summed E-state index contributed by atoms with van der Waals surface area (Å²) >= 11 is 7.00. The van der Waals surface area contributed by atoms with Crippen LogP contribution in [-0.4, -0.2) is 6.66 Å². The van der Waals surface area contributed by atoms with Crippen LogP contribution >= 0.6 is 29.1 Å². The maximum absolute atomic E-state index is 11.1. The maximum Gasteiger partial charge on any atom is 0.204 e. The molecule has 0 radical (unpaired) electrons. The van der Waals surface area contributed by atoms with Gasteiger partial charge in [-0.3, -0.25) is 0 Å². The van der Waals surface area contributed by atoms with E-state index >= 15 is 0 Å². The standard InChI is InChI=1S/C5H6ClOPS/c1-8(6,7)5-3-2-4-9-5/h2-4H,1H3. The minimum absolute atomic E-state index is 0.782. The first-order valence-corrected chi connectivity index (χ1v) is 6.36. The van der Waals surface area contributed by atoms with Gasteiger partial charge >= 0.3 is 0 Å². The zero-order valence-corrected chi connectivity index (χ0v) is 7.34. The predicted octanol–water partition coefficient (Wildman–Crippen LogP) is 2.52. The van der Waals surface area contributed by atoms with Crippen LogP contribution in [0.4, 0.5) is 0 Å². The van der Waals surface area contributed by atoms with Crippen molar-refractivity contribution < 1.29 is 4.57 Å². The van der Waals surface area contributed by atoms with Crippen molar-refractivity contribution in [2.45, 2.75) is 0 Å². The lowest BCUT2D eigenvalue weighted by Crippen LogP contribution is -1.88. The highest BCUT2D eigenvalue weighted by atomic mass is 35.7. The van der Waals surface area contributed by atoms with Gasteiger partial charge in [0.15, 0.2) is 0 Å². The van der Waals surface area contributed by atoms with Crippen LogP contribution < -0.4 is 4.62 Å². The van der Waals surface area contributed by atoms with Crippen LogP contribution in [0, 0.1) is 0 Å². The fraction of sp³-hybridized carbons (Fsp3) is 0.200. The molecule has 0 aliphatic heterocycles. The monoisotopic (exact) mass is 180 g/mol. The third kappa shape index (κ3) is 1.82. The topological polar surface area (TPSA) is 17.1 Å². The third-order valence-electron chi connectivity index (χ3n) is 0.900. The number of rotatable bonds is 1. The minimum atomic E-state index is -2.48. The zero-order valence-electron chi connectivity index (χ0n) is 4.87. The van der Waals surface area contributed by atoms with Crippen LogP contribution in [0.5, 0.6) is 0 Å². The zero-order chi connectivity index (χ0) is 6.91. The molecule has 1 rings (SSSR count). The van der Waals surface area contributed by atoms with Gasteiger partial charge in [-0.2, -0.15) is 0 Å². The largest absolute Gasteiger partial charge is 0.301 e. The molecule has 0 amide bonds. The van der Waals surface area contributed by atoms with Crippen molar-refractivity contribution >= 4 is 33.7 Å². The van der Waals surface area contributed by atoms with Gasteiger partial charge in [-0.25, -0.2) is 0 Å². The summed E-state index contributed by atoms with van der Waals surface area (Å²) in [6, 6.07) is 3.64. The Bertz CT molecular complexity index is 225. The molecule has 0 bridgehead atoms. The Balaban J connectivity index is 3.04. The molecule has 1 unspecified atom stereocenters. The molecule has 1 atom stereocenters. The average molecular weight is 181 g/mol. The number of thiophene rings is 1. The van der Waals surface area contributed by atoms with Crippen molar-refractivity contribution in [1.29, 1.82) is 0 Å². The van der Waals surface area contributed by atoms with Crippen molar-refractivity contribution in [2.24, 2.45) is 0 Å². The summed E-state index contributed by atoms with van der Waals surface area (Å²) in [6.07, 6.45) is 0. The lowest BCUT2D eigenvalue weighted by Gasteiger charge is -1.96. The quantitative estimate of drug-likeness (QED) is 0.607. The molecule has 1 heterocycles. The molecule has 0 saturated carbocycles. The highest BCUT2D eigenvalue weighted by Gasteiger charge is 2.13. The molecule has 0 aromatic carbocycles. The number of hydrogen-bond donors (Lipinski definition) is 0. The maximum atomic E-state index is 11.1. The molecule has 0 aliphatic carbocycles. The minimum Gasteiger partial charge on any atom is -0.301 e. The van der Waals surface area contributed by atoms with Crippen LogP contribution in [0.25, 0.3) is 0 Å². The van der Waals surface area contributed by atoms with Gasteiger partial charge in [0.05, 0.1) is 4.62 Å². The number of halogens is 1. The van der Waals surface area contributed by atoms with E-state index in [1.165, 1.54) is 11.3 Å². The molecule has 0 spiro atoms. The highest BCUT2D eigenvalue weighted by Crippen LogP contribution is 2.46. The van der Waals surface area contributed by atoms with Gasteiger partial charge in [0.1, 0.15) is 0 Å². The molecule has 1 aromatic rings. The van der Waals surface area contributed by atoms with Gasteiger partial charge in [-0.1, -0.05) is 6.07 Å². The van der Waals surface area contributed by atoms with E-state index in [-0.39, 0.29) is 0 Å². The van der Waals surface area contributed by atoms with Gasteiger partial charge < -0.3 is 4.57 Å². The van der Waals surface area contributed by atoms with Gasteiger partial charge in [-0.05, 0) is 22.7 Å². The summed E-state index contributed by atoms with van der Waals surface area (Å²) < 4.78 is 11.8. The molecule has 0 saturated heterocycles. The lowest BCUT2D eigenvalue weighted by atomic mass is 10.7. The second-order valence-electron chi connectivity index (χ2n) is 1.77. The molecule has 0 aliphatic rings. The van der Waals surface area contributed by atoms with Crippen LogP contribution in [0.15, 0.2) is 17.5 Å². The Morgan fingerprint density at radius 2 is 2.44 bits per heavy atom. The summed E-state index contributed by atoms with van der Waals surface area (Å²) in [5.41, 5.74) is 0. The molecule has 4 heteroatoms. The van der Waals surface area contributed by atoms with Crippen LogP contribution in [0.1, 0.15) is 0 Å². The normalized spacial score (nSPS) is 17.1. The average Bonchev–Trinajstić information content (AvgIpc) is 2.08. The fourth-order valence-corrected chi connectivity index (χ4v) is 2.77. The molecule has 0 fully saturated rings. The molecule has 9 heavy (non-hydrogen) atoms. The first kappa shape index (κ1) is 7.33. The van der Waals surface area contributed by atoms with E-state index in [1.54, 1.807) is 12.7 Å². The number of hydrogen-bond acceptors (Lipinski definition) is 2. The van der Waals surface area contributed by atoms with Crippen LogP contribution in [0.2, 0.25) is 0 Å². The summed E-state index contributed by atoms with van der Waals surface area (Å²) in [7, 11) is 0. The van der Waals surface area contributed by atoms with Gasteiger partial charge in [0.2, 0.25) is 6.49 Å². The van der Waals surface area contributed by atoms with Crippen molar-refractivity contribution in [2.75, 3.05) is 6.66 Å². The van der Waals surface area contributed by atoms with Gasteiger partial charge in [-0.15, -0.1) is 11.3 Å². The van der Waals surface area contributed by atoms with E-state index in [2.05, 4.69) is 0 Å². The summed E-state index contributed by atoms with van der Waals surface area (Å²) in [6.45, 7) is -0.924. The van der Waals surface area contributed by atoms with E-state index in [0.717, 1.165) is 4.62 Å². The van der Waals surface area contributed by atoms with E-state index in [0.29, 0.717) is 0 Å². The molecule has 50 valence electrons. The van der Waals surface area contributed by atoms with Gasteiger partial charge in [0, 0.05) is 6.66 Å².